The Labute approximate surface area is 265 Å². The number of hydrogen-bond donors (Lipinski definition) is 0. The Kier molecular flexibility index (Phi) is 7.71. The molecule has 234 valence electrons. The van der Waals surface area contributed by atoms with Gasteiger partial charge in [0.15, 0.2) is 10.7 Å². The second-order valence-electron chi connectivity index (χ2n) is 12.1. The van der Waals surface area contributed by atoms with Crippen LogP contribution in [0.25, 0.3) is 16.8 Å². The number of rotatable bonds is 7. The molecular weight excluding hydrogens is 593 g/mol. The zero-order chi connectivity index (χ0) is 31.3. The minimum atomic E-state index is -0.788. The third kappa shape index (κ3) is 5.32. The van der Waals surface area contributed by atoms with Gasteiger partial charge in [-0.05, 0) is 56.2 Å². The maximum absolute atomic E-state index is 13.6. The van der Waals surface area contributed by atoms with Gasteiger partial charge in [0, 0.05) is 89.3 Å². The molecule has 0 radical (unpaired) electrons. The summed E-state index contributed by atoms with van der Waals surface area (Å²) >= 11 is 1.32. The number of aromatic nitrogens is 3. The average Bonchev–Trinajstić information content (AvgIpc) is 3.71. The molecule has 0 N–H and O–H groups in total. The van der Waals surface area contributed by atoms with E-state index < -0.39 is 5.60 Å². The molecule has 0 spiro atoms. The zero-order valence-corrected chi connectivity index (χ0v) is 26.6. The molecule has 0 atom stereocenters. The Morgan fingerprint density at radius 1 is 1.16 bits per heavy atom. The molecule has 3 fully saturated rings. The predicted molar refractivity (Wildman–Crippen MR) is 171 cm³/mol. The summed E-state index contributed by atoms with van der Waals surface area (Å²) in [4.78, 5) is 25.2. The molecule has 5 heterocycles. The van der Waals surface area contributed by atoms with Crippen LogP contribution in [-0.2, 0) is 14.3 Å². The summed E-state index contributed by atoms with van der Waals surface area (Å²) in [7, 11) is 3.61. The van der Waals surface area contributed by atoms with Gasteiger partial charge in [-0.3, -0.25) is 4.79 Å². The first-order valence-corrected chi connectivity index (χ1v) is 16.2. The minimum Gasteiger partial charge on any atom is -0.381 e. The number of nitrogens with zero attached hydrogens (tertiary/aromatic N) is 7. The number of amides is 1. The van der Waals surface area contributed by atoms with Crippen LogP contribution in [0.5, 0.6) is 0 Å². The van der Waals surface area contributed by atoms with Crippen molar-refractivity contribution in [3.63, 3.8) is 0 Å². The van der Waals surface area contributed by atoms with Crippen molar-refractivity contribution in [3.8, 4) is 17.3 Å². The van der Waals surface area contributed by atoms with E-state index in [1.807, 2.05) is 21.4 Å². The Morgan fingerprint density at radius 2 is 1.87 bits per heavy atom. The zero-order valence-electron chi connectivity index (χ0n) is 25.8. The lowest BCUT2D eigenvalue weighted by Gasteiger charge is -2.42. The van der Waals surface area contributed by atoms with Crippen LogP contribution in [0.3, 0.4) is 0 Å². The molecule has 2 saturated heterocycles. The molecule has 0 bridgehead atoms. The SMILES string of the molecule is COC1(C(=O)N2CCN(c3cc(C)n4nc(C5CC5)c(N(C)c5nc(-c6ccc(F)cc6)c(C#N)s5)c4c3)CC2)CCOCC1. The van der Waals surface area contributed by atoms with E-state index in [0.717, 1.165) is 41.1 Å². The van der Waals surface area contributed by atoms with Gasteiger partial charge in [0.2, 0.25) is 0 Å². The van der Waals surface area contributed by atoms with Gasteiger partial charge in [-0.1, -0.05) is 11.3 Å². The molecule has 1 saturated carbocycles. The highest BCUT2D eigenvalue weighted by Gasteiger charge is 2.43. The van der Waals surface area contributed by atoms with E-state index in [1.54, 1.807) is 19.2 Å². The number of halogens is 1. The number of carbonyl (C=O) groups excluding carboxylic acids is 1. The van der Waals surface area contributed by atoms with Gasteiger partial charge in [-0.15, -0.1) is 0 Å². The van der Waals surface area contributed by atoms with Crippen LogP contribution in [0, 0.1) is 24.1 Å². The Bertz CT molecular complexity index is 1780. The largest absolute Gasteiger partial charge is 0.381 e. The fourth-order valence-electron chi connectivity index (χ4n) is 6.54. The molecule has 10 nitrogen and oxygen atoms in total. The minimum absolute atomic E-state index is 0.0635. The van der Waals surface area contributed by atoms with Crippen molar-refractivity contribution in [2.45, 2.75) is 44.1 Å². The van der Waals surface area contributed by atoms with Crippen molar-refractivity contribution in [2.24, 2.45) is 0 Å². The molecule has 4 aromatic rings. The monoisotopic (exact) mass is 629 g/mol. The molecule has 12 heteroatoms. The number of benzene rings is 1. The average molecular weight is 630 g/mol. The van der Waals surface area contributed by atoms with Gasteiger partial charge in [0.1, 0.15) is 22.5 Å². The van der Waals surface area contributed by atoms with Crippen molar-refractivity contribution < 1.29 is 18.7 Å². The molecule has 1 aromatic carbocycles. The number of nitriles is 1. The normalized spacial score (nSPS) is 18.3. The summed E-state index contributed by atoms with van der Waals surface area (Å²) < 4.78 is 26.9. The number of anilines is 3. The highest BCUT2D eigenvalue weighted by Crippen LogP contribution is 2.48. The van der Waals surface area contributed by atoms with Crippen molar-refractivity contribution in [2.75, 3.05) is 63.4 Å². The number of thiazole rings is 1. The summed E-state index contributed by atoms with van der Waals surface area (Å²) in [6.07, 6.45) is 3.34. The number of aryl methyl sites for hydroxylation is 1. The standard InChI is InChI=1S/C33H36FN7O3S/c1-21-18-25(39-12-14-40(15-13-39)31(42)33(43-3)10-16-44-17-11-33)19-26-30(29(23-4-5-23)37-41(21)26)38(2)32-36-28(27(20-35)45-32)22-6-8-24(34)9-7-22/h6-9,18-19,23H,4-5,10-17H2,1-3H3. The van der Waals surface area contributed by atoms with Gasteiger partial charge >= 0.3 is 0 Å². The van der Waals surface area contributed by atoms with Gasteiger partial charge in [-0.25, -0.2) is 13.9 Å². The van der Waals surface area contributed by atoms with Crippen molar-refractivity contribution in [3.05, 3.63) is 58.5 Å². The van der Waals surface area contributed by atoms with Crippen LogP contribution in [0.2, 0.25) is 0 Å². The Balaban J connectivity index is 1.19. The third-order valence-electron chi connectivity index (χ3n) is 9.33. The summed E-state index contributed by atoms with van der Waals surface area (Å²) in [5, 5.41) is 15.7. The molecule has 7 rings (SSSR count). The topological polar surface area (TPSA) is 99.2 Å². The van der Waals surface area contributed by atoms with Crippen molar-refractivity contribution in [1.29, 1.82) is 5.26 Å². The molecule has 2 aliphatic heterocycles. The lowest BCUT2D eigenvalue weighted by molar-refractivity contribution is -0.166. The second kappa shape index (κ2) is 11.7. The molecule has 1 aliphatic carbocycles. The molecule has 3 aromatic heterocycles. The highest BCUT2D eigenvalue weighted by molar-refractivity contribution is 7.16. The van der Waals surface area contributed by atoms with E-state index in [4.69, 9.17) is 19.6 Å². The third-order valence-corrected chi connectivity index (χ3v) is 10.4. The fraction of sp³-hybridized carbons (Fsp3) is 0.455. The lowest BCUT2D eigenvalue weighted by atomic mass is 9.92. The number of ether oxygens (including phenoxy) is 2. The molecule has 1 amide bonds. The van der Waals surface area contributed by atoms with Crippen LogP contribution >= 0.6 is 11.3 Å². The van der Waals surface area contributed by atoms with E-state index >= 15 is 0 Å². The molecule has 0 unspecified atom stereocenters. The number of piperazine rings is 1. The predicted octanol–water partition coefficient (Wildman–Crippen LogP) is 5.27. The summed E-state index contributed by atoms with van der Waals surface area (Å²) in [6, 6.07) is 12.7. The van der Waals surface area contributed by atoms with Crippen LogP contribution in [0.1, 0.15) is 47.9 Å². The fourth-order valence-corrected chi connectivity index (χ4v) is 7.40. The van der Waals surface area contributed by atoms with E-state index in [-0.39, 0.29) is 11.7 Å². The molecular formula is C33H36FN7O3S. The molecule has 3 aliphatic rings. The maximum Gasteiger partial charge on any atom is 0.255 e. The van der Waals surface area contributed by atoms with E-state index in [0.29, 0.717) is 79.4 Å². The van der Waals surface area contributed by atoms with E-state index in [2.05, 4.69) is 30.0 Å². The van der Waals surface area contributed by atoms with Crippen LogP contribution in [0.4, 0.5) is 20.9 Å². The van der Waals surface area contributed by atoms with Crippen LogP contribution in [0.15, 0.2) is 36.4 Å². The number of hydrogen-bond acceptors (Lipinski definition) is 9. The Hall–Kier alpha value is -4.05. The van der Waals surface area contributed by atoms with Gasteiger partial charge in [-0.2, -0.15) is 10.4 Å². The smallest absolute Gasteiger partial charge is 0.255 e. The van der Waals surface area contributed by atoms with Crippen LogP contribution in [-0.4, -0.2) is 84.6 Å². The summed E-state index contributed by atoms with van der Waals surface area (Å²) in [5.74, 6) is 0.112. The lowest BCUT2D eigenvalue weighted by Crippen LogP contribution is -2.58. The van der Waals surface area contributed by atoms with E-state index in [1.165, 1.54) is 23.5 Å². The first kappa shape index (κ1) is 29.6. The number of methoxy groups -OCH3 is 1. The number of pyridine rings is 1. The quantitative estimate of drug-likeness (QED) is 0.273. The highest BCUT2D eigenvalue weighted by atomic mass is 32.1. The summed E-state index contributed by atoms with van der Waals surface area (Å²) in [5.41, 5.74) is 5.57. The van der Waals surface area contributed by atoms with Gasteiger partial charge < -0.3 is 24.2 Å². The van der Waals surface area contributed by atoms with Crippen molar-refractivity contribution in [1.82, 2.24) is 19.5 Å². The second-order valence-corrected chi connectivity index (χ2v) is 13.1. The summed E-state index contributed by atoms with van der Waals surface area (Å²) in [6.45, 7) is 5.82. The number of carbonyl (C=O) groups is 1. The first-order chi connectivity index (χ1) is 21.8. The first-order valence-electron chi connectivity index (χ1n) is 15.4. The number of fused-ring (bicyclic) bond motifs is 1. The van der Waals surface area contributed by atoms with Crippen LogP contribution < -0.4 is 9.80 Å². The Morgan fingerprint density at radius 3 is 2.51 bits per heavy atom. The molecule has 45 heavy (non-hydrogen) atoms. The van der Waals surface area contributed by atoms with Crippen molar-refractivity contribution >= 4 is 39.3 Å². The van der Waals surface area contributed by atoms with Gasteiger partial charge in [0.05, 0.1) is 16.9 Å². The maximum atomic E-state index is 13.6. The van der Waals surface area contributed by atoms with Gasteiger partial charge in [0.25, 0.3) is 5.91 Å². The van der Waals surface area contributed by atoms with E-state index in [9.17, 15) is 14.4 Å².